The van der Waals surface area contributed by atoms with Crippen LogP contribution in [0.25, 0.3) is 0 Å². The predicted molar refractivity (Wildman–Crippen MR) is 85.8 cm³/mol. The quantitative estimate of drug-likeness (QED) is 0.857. The van der Waals surface area contributed by atoms with E-state index < -0.39 is 10.0 Å². The van der Waals surface area contributed by atoms with Crippen LogP contribution in [0.5, 0.6) is 5.75 Å². The summed E-state index contributed by atoms with van der Waals surface area (Å²) in [5.41, 5.74) is 2.16. The highest BCUT2D eigenvalue weighted by Crippen LogP contribution is 2.28. The molecule has 2 N–H and O–H groups in total. The molecule has 1 heterocycles. The van der Waals surface area contributed by atoms with Crippen molar-refractivity contribution in [1.82, 2.24) is 9.78 Å². The number of rotatable bonds is 6. The van der Waals surface area contributed by atoms with Gasteiger partial charge in [-0.1, -0.05) is 12.1 Å². The zero-order valence-corrected chi connectivity index (χ0v) is 14.4. The summed E-state index contributed by atoms with van der Waals surface area (Å²) in [6.45, 7) is 1.83. The van der Waals surface area contributed by atoms with E-state index in [1.165, 1.54) is 4.68 Å². The number of nitrogens with two attached hydrogens (primary N) is 1. The SMILES string of the molecule is COc1ccc(Cc2c(S(N)(=O)=O)nn(C)c2C(C)OC)cc1. The molecule has 0 amide bonds. The van der Waals surface area contributed by atoms with Crippen LogP contribution in [0.2, 0.25) is 0 Å². The Labute approximate surface area is 136 Å². The van der Waals surface area contributed by atoms with Crippen molar-refractivity contribution in [3.05, 3.63) is 41.1 Å². The zero-order valence-electron chi connectivity index (χ0n) is 13.6. The van der Waals surface area contributed by atoms with Gasteiger partial charge in [-0.15, -0.1) is 0 Å². The molecule has 0 aliphatic carbocycles. The van der Waals surface area contributed by atoms with Gasteiger partial charge in [0.1, 0.15) is 5.75 Å². The van der Waals surface area contributed by atoms with E-state index in [0.717, 1.165) is 11.3 Å². The van der Waals surface area contributed by atoms with Gasteiger partial charge in [0.25, 0.3) is 10.0 Å². The van der Waals surface area contributed by atoms with E-state index in [9.17, 15) is 8.42 Å². The molecule has 2 rings (SSSR count). The number of hydrogen-bond acceptors (Lipinski definition) is 5. The van der Waals surface area contributed by atoms with E-state index >= 15 is 0 Å². The molecule has 2 aromatic rings. The highest BCUT2D eigenvalue weighted by molar-refractivity contribution is 7.89. The van der Waals surface area contributed by atoms with Gasteiger partial charge in [-0.05, 0) is 24.6 Å². The minimum Gasteiger partial charge on any atom is -0.497 e. The molecule has 7 nitrogen and oxygen atoms in total. The van der Waals surface area contributed by atoms with Gasteiger partial charge in [0.2, 0.25) is 0 Å². The lowest BCUT2D eigenvalue weighted by molar-refractivity contribution is 0.112. The maximum Gasteiger partial charge on any atom is 0.257 e. The third-order valence-electron chi connectivity index (χ3n) is 3.70. The predicted octanol–water partition coefficient (Wildman–Crippen LogP) is 1.37. The van der Waals surface area contributed by atoms with Crippen LogP contribution < -0.4 is 9.88 Å². The van der Waals surface area contributed by atoms with Gasteiger partial charge in [-0.3, -0.25) is 4.68 Å². The number of aryl methyl sites for hydroxylation is 1. The average Bonchev–Trinajstić information content (AvgIpc) is 2.84. The fourth-order valence-corrected chi connectivity index (χ4v) is 3.27. The third kappa shape index (κ3) is 3.72. The van der Waals surface area contributed by atoms with Crippen LogP contribution in [0.3, 0.4) is 0 Å². The summed E-state index contributed by atoms with van der Waals surface area (Å²) in [6.07, 6.45) is 0.0725. The van der Waals surface area contributed by atoms with Crippen molar-refractivity contribution >= 4 is 10.0 Å². The largest absolute Gasteiger partial charge is 0.497 e. The summed E-state index contributed by atoms with van der Waals surface area (Å²) in [6, 6.07) is 7.39. The molecule has 0 fully saturated rings. The summed E-state index contributed by atoms with van der Waals surface area (Å²) < 4.78 is 35.7. The molecule has 0 bridgehead atoms. The first kappa shape index (κ1) is 17.5. The number of nitrogens with zero attached hydrogens (tertiary/aromatic N) is 2. The lowest BCUT2D eigenvalue weighted by atomic mass is 10.0. The van der Waals surface area contributed by atoms with Crippen molar-refractivity contribution < 1.29 is 17.9 Å². The van der Waals surface area contributed by atoms with Gasteiger partial charge in [0.05, 0.1) is 18.9 Å². The topological polar surface area (TPSA) is 96.4 Å². The van der Waals surface area contributed by atoms with Gasteiger partial charge in [0, 0.05) is 26.1 Å². The maximum absolute atomic E-state index is 11.9. The van der Waals surface area contributed by atoms with Gasteiger partial charge in [-0.25, -0.2) is 13.6 Å². The molecule has 0 aliphatic heterocycles. The normalized spacial score (nSPS) is 13.1. The second-order valence-electron chi connectivity index (χ2n) is 5.24. The van der Waals surface area contributed by atoms with Crippen LogP contribution in [0.4, 0.5) is 0 Å². The highest BCUT2D eigenvalue weighted by Gasteiger charge is 2.26. The summed E-state index contributed by atoms with van der Waals surface area (Å²) >= 11 is 0. The molecular weight excluding hydrogens is 318 g/mol. The monoisotopic (exact) mass is 339 g/mol. The number of sulfonamides is 1. The number of benzene rings is 1. The summed E-state index contributed by atoms with van der Waals surface area (Å²) in [5, 5.41) is 9.28. The van der Waals surface area contributed by atoms with E-state index in [-0.39, 0.29) is 11.1 Å². The number of ether oxygens (including phenoxy) is 2. The fourth-order valence-electron chi connectivity index (χ4n) is 2.52. The minimum absolute atomic E-state index is 0.116. The van der Waals surface area contributed by atoms with E-state index in [0.29, 0.717) is 17.7 Å². The molecule has 0 saturated heterocycles. The van der Waals surface area contributed by atoms with Crippen LogP contribution in [0.15, 0.2) is 29.3 Å². The Balaban J connectivity index is 2.53. The second kappa shape index (κ2) is 6.69. The van der Waals surface area contributed by atoms with Crippen molar-refractivity contribution in [2.45, 2.75) is 24.5 Å². The molecule has 1 unspecified atom stereocenters. The Bertz CT molecular complexity index is 782. The molecule has 1 atom stereocenters. The lowest BCUT2D eigenvalue weighted by Crippen LogP contribution is -2.15. The number of primary sulfonamides is 1. The second-order valence-corrected chi connectivity index (χ2v) is 6.72. The molecule has 0 aliphatic rings. The molecule has 1 aromatic carbocycles. The van der Waals surface area contributed by atoms with E-state index in [1.807, 2.05) is 31.2 Å². The van der Waals surface area contributed by atoms with Crippen LogP contribution in [0, 0.1) is 0 Å². The van der Waals surface area contributed by atoms with Crippen molar-refractivity contribution in [1.29, 1.82) is 0 Å². The standard InChI is InChI=1S/C15H21N3O4S/c1-10(21-3)14-13(15(17-18(14)2)23(16,19)20)9-11-5-7-12(22-4)8-6-11/h5-8,10H,9H2,1-4H3,(H2,16,19,20). The van der Waals surface area contributed by atoms with E-state index in [1.54, 1.807) is 21.3 Å². The first-order chi connectivity index (χ1) is 10.8. The van der Waals surface area contributed by atoms with Crippen LogP contribution >= 0.6 is 0 Å². The lowest BCUT2D eigenvalue weighted by Gasteiger charge is -2.13. The van der Waals surface area contributed by atoms with Crippen molar-refractivity contribution in [2.75, 3.05) is 14.2 Å². The molecular formula is C15H21N3O4S. The molecule has 8 heteroatoms. The summed E-state index contributed by atoms with van der Waals surface area (Å²) in [5.74, 6) is 0.733. The minimum atomic E-state index is -3.92. The Morgan fingerprint density at radius 1 is 1.26 bits per heavy atom. The first-order valence-corrected chi connectivity index (χ1v) is 8.56. The molecule has 23 heavy (non-hydrogen) atoms. The Kier molecular flexibility index (Phi) is 5.08. The van der Waals surface area contributed by atoms with Gasteiger partial charge in [0.15, 0.2) is 5.03 Å². The smallest absolute Gasteiger partial charge is 0.257 e. The number of hydrogen-bond donors (Lipinski definition) is 1. The highest BCUT2D eigenvalue weighted by atomic mass is 32.2. The molecule has 0 radical (unpaired) electrons. The van der Waals surface area contributed by atoms with Crippen molar-refractivity contribution in [3.63, 3.8) is 0 Å². The molecule has 0 saturated carbocycles. The van der Waals surface area contributed by atoms with Crippen molar-refractivity contribution in [2.24, 2.45) is 12.2 Å². The van der Waals surface area contributed by atoms with Crippen LogP contribution in [0.1, 0.15) is 29.8 Å². The van der Waals surface area contributed by atoms with Crippen LogP contribution in [-0.2, 0) is 28.2 Å². The number of methoxy groups -OCH3 is 2. The number of aromatic nitrogens is 2. The van der Waals surface area contributed by atoms with Gasteiger partial charge < -0.3 is 9.47 Å². The average molecular weight is 339 g/mol. The summed E-state index contributed by atoms with van der Waals surface area (Å²) in [4.78, 5) is 0. The van der Waals surface area contributed by atoms with E-state index in [2.05, 4.69) is 5.10 Å². The van der Waals surface area contributed by atoms with Crippen LogP contribution in [-0.4, -0.2) is 32.4 Å². The molecule has 1 aromatic heterocycles. The molecule has 126 valence electrons. The van der Waals surface area contributed by atoms with Crippen molar-refractivity contribution in [3.8, 4) is 5.75 Å². The summed E-state index contributed by atoms with van der Waals surface area (Å²) in [7, 11) is 0.907. The Morgan fingerprint density at radius 2 is 1.87 bits per heavy atom. The zero-order chi connectivity index (χ0) is 17.2. The van der Waals surface area contributed by atoms with E-state index in [4.69, 9.17) is 14.6 Å². The fraction of sp³-hybridized carbons (Fsp3) is 0.400. The Morgan fingerprint density at radius 3 is 2.35 bits per heavy atom. The van der Waals surface area contributed by atoms with Gasteiger partial charge >= 0.3 is 0 Å². The third-order valence-corrected chi connectivity index (χ3v) is 4.57. The Hall–Kier alpha value is -1.90. The first-order valence-electron chi connectivity index (χ1n) is 7.02. The molecule has 0 spiro atoms. The maximum atomic E-state index is 11.9. The van der Waals surface area contributed by atoms with Gasteiger partial charge in [-0.2, -0.15) is 5.10 Å².